The number of esters is 2. The summed E-state index contributed by atoms with van der Waals surface area (Å²) in [6.07, 6.45) is 72.8. The first-order chi connectivity index (χ1) is 35.6. The fraction of sp³-hybridized carbons (Fsp3) is 0.641. The Hall–Kier alpha value is -4.31. The second-order valence-electron chi connectivity index (χ2n) is 19.8. The van der Waals surface area contributed by atoms with Crippen molar-refractivity contribution >= 4 is 17.9 Å². The third kappa shape index (κ3) is 55.3. The van der Waals surface area contributed by atoms with E-state index in [4.69, 9.17) is 18.9 Å². The molecule has 0 aromatic heterocycles. The molecule has 0 fully saturated rings. The van der Waals surface area contributed by atoms with E-state index in [0.29, 0.717) is 17.4 Å². The number of rotatable bonds is 51. The SMILES string of the molecule is CC/C=C\C/C=C\C/C=C\C/C=C\C/C=C\C/C=C\C/C=C\CCCCCCCCCCCCCC(=O)OC(COC(=O)CCCCCCC/C=C\C/C=C\C/C=C\CC)COC(OCC[N+](C)(C)C)C(=O)O. The first-order valence-electron chi connectivity index (χ1n) is 28.7. The number of carboxylic acid groups (broad SMARTS) is 1. The topological polar surface area (TPSA) is 108 Å². The number of carbonyl (C=O) groups excluding carboxylic acids is 2. The Morgan fingerprint density at radius 2 is 0.740 bits per heavy atom. The minimum Gasteiger partial charge on any atom is -0.477 e. The van der Waals surface area contributed by atoms with Gasteiger partial charge in [0.25, 0.3) is 6.29 Å². The maximum Gasteiger partial charge on any atom is 0.361 e. The van der Waals surface area contributed by atoms with E-state index in [9.17, 15) is 19.5 Å². The average molecular weight is 1020 g/mol. The van der Waals surface area contributed by atoms with Crippen LogP contribution in [0.25, 0.3) is 0 Å². The van der Waals surface area contributed by atoms with Crippen LogP contribution in [0.5, 0.6) is 0 Å². The largest absolute Gasteiger partial charge is 0.477 e. The van der Waals surface area contributed by atoms with Gasteiger partial charge in [-0.15, -0.1) is 0 Å². The molecule has 0 spiro atoms. The monoisotopic (exact) mass is 1020 g/mol. The van der Waals surface area contributed by atoms with Crippen molar-refractivity contribution in [3.63, 3.8) is 0 Å². The molecule has 0 rings (SSSR count). The van der Waals surface area contributed by atoms with E-state index >= 15 is 0 Å². The van der Waals surface area contributed by atoms with Gasteiger partial charge in [0.1, 0.15) is 13.2 Å². The second-order valence-corrected chi connectivity index (χ2v) is 19.8. The summed E-state index contributed by atoms with van der Waals surface area (Å²) in [4.78, 5) is 37.4. The summed E-state index contributed by atoms with van der Waals surface area (Å²) in [5.41, 5.74) is 0. The Kier molecular flexibility index (Phi) is 50.8. The number of quaternary nitrogens is 1. The molecule has 0 aromatic carbocycles. The molecule has 0 bridgehead atoms. The molecular weight excluding hydrogens is 911 g/mol. The summed E-state index contributed by atoms with van der Waals surface area (Å²) < 4.78 is 22.8. The lowest BCUT2D eigenvalue weighted by atomic mass is 10.0. The average Bonchev–Trinajstić information content (AvgIpc) is 3.36. The Balaban J connectivity index is 4.22. The van der Waals surface area contributed by atoms with Gasteiger partial charge in [-0.2, -0.15) is 0 Å². The minimum absolute atomic E-state index is 0.178. The number of hydrogen-bond donors (Lipinski definition) is 1. The molecule has 73 heavy (non-hydrogen) atoms. The van der Waals surface area contributed by atoms with Gasteiger partial charge >= 0.3 is 17.9 Å². The molecular formula is C64H106NO8+. The molecule has 2 atom stereocenters. The van der Waals surface area contributed by atoms with Gasteiger partial charge in [-0.25, -0.2) is 4.79 Å². The van der Waals surface area contributed by atoms with E-state index in [0.717, 1.165) is 128 Å². The molecule has 0 radical (unpaired) electrons. The van der Waals surface area contributed by atoms with E-state index in [1.54, 1.807) is 0 Å². The Morgan fingerprint density at radius 3 is 1.10 bits per heavy atom. The number of carbonyl (C=O) groups is 3. The van der Waals surface area contributed by atoms with E-state index in [2.05, 4.69) is 135 Å². The summed E-state index contributed by atoms with van der Waals surface area (Å²) in [7, 11) is 5.95. The summed E-state index contributed by atoms with van der Waals surface area (Å²) in [6.45, 7) is 4.61. The van der Waals surface area contributed by atoms with E-state index in [-0.39, 0.29) is 38.6 Å². The summed E-state index contributed by atoms with van der Waals surface area (Å²) in [5.74, 6) is -2.04. The first-order valence-corrected chi connectivity index (χ1v) is 28.7. The van der Waals surface area contributed by atoms with Gasteiger partial charge in [0.2, 0.25) is 0 Å². The second kappa shape index (κ2) is 54.0. The number of carboxylic acids is 1. The molecule has 1 N–H and O–H groups in total. The van der Waals surface area contributed by atoms with Gasteiger partial charge in [-0.05, 0) is 103 Å². The summed E-state index contributed by atoms with van der Waals surface area (Å²) >= 11 is 0. The first kappa shape index (κ1) is 68.7. The zero-order valence-electron chi connectivity index (χ0n) is 47.0. The zero-order valence-corrected chi connectivity index (χ0v) is 47.0. The van der Waals surface area contributed by atoms with Gasteiger partial charge in [0.05, 0.1) is 34.4 Å². The van der Waals surface area contributed by atoms with Crippen molar-refractivity contribution in [1.82, 2.24) is 0 Å². The predicted molar refractivity (Wildman–Crippen MR) is 308 cm³/mol. The molecule has 0 saturated carbocycles. The maximum absolute atomic E-state index is 12.9. The van der Waals surface area contributed by atoms with Crippen LogP contribution in [0, 0.1) is 0 Å². The smallest absolute Gasteiger partial charge is 0.361 e. The molecule has 0 saturated heterocycles. The van der Waals surface area contributed by atoms with E-state index < -0.39 is 24.3 Å². The van der Waals surface area contributed by atoms with Crippen molar-refractivity contribution in [2.45, 2.75) is 219 Å². The number of allylic oxidation sites excluding steroid dienone is 20. The summed E-state index contributed by atoms with van der Waals surface area (Å²) in [6, 6.07) is 0. The molecule has 0 aliphatic carbocycles. The number of hydrogen-bond acceptors (Lipinski definition) is 7. The molecule has 0 aliphatic heterocycles. The standard InChI is InChI=1S/C64H105NO8/c1-6-8-10-12-14-16-18-20-22-23-24-25-26-27-28-29-30-31-32-33-34-35-36-37-38-39-41-43-45-47-49-51-53-55-62(67)73-60(59-72-64(63(68)69)70-57-56-65(3,4)5)58-71-61(66)54-52-50-48-46-44-42-40-21-19-17-15-13-11-9-7-2/h8-11,14-17,20-22,24-25,27-28,30-31,33-34,40,60,64H,6-7,12-13,18-19,23,26,29,32,35-39,41-59H2,1-5H3/p+1/b10-8-,11-9-,16-14-,17-15-,22-20-,25-24-,28-27-,31-30-,34-33-,40-21-. The highest BCUT2D eigenvalue weighted by molar-refractivity contribution is 5.71. The van der Waals surface area contributed by atoms with Crippen LogP contribution in [0.3, 0.4) is 0 Å². The minimum atomic E-state index is -1.52. The van der Waals surface area contributed by atoms with Crippen molar-refractivity contribution < 1.29 is 42.9 Å². The number of unbranched alkanes of at least 4 members (excludes halogenated alkanes) is 16. The highest BCUT2D eigenvalue weighted by atomic mass is 16.7. The van der Waals surface area contributed by atoms with Crippen molar-refractivity contribution in [3.05, 3.63) is 122 Å². The highest BCUT2D eigenvalue weighted by Crippen LogP contribution is 2.15. The Bertz CT molecular complexity index is 1610. The molecule has 9 heteroatoms. The van der Waals surface area contributed by atoms with Gasteiger partial charge in [0, 0.05) is 12.8 Å². The summed E-state index contributed by atoms with van der Waals surface area (Å²) in [5, 5.41) is 9.69. The number of nitrogens with zero attached hydrogens (tertiary/aromatic N) is 1. The normalized spacial score (nSPS) is 13.7. The van der Waals surface area contributed by atoms with Gasteiger partial charge < -0.3 is 28.5 Å². The van der Waals surface area contributed by atoms with Crippen LogP contribution in [0.2, 0.25) is 0 Å². The lowest BCUT2D eigenvalue weighted by molar-refractivity contribution is -0.870. The third-order valence-corrected chi connectivity index (χ3v) is 11.7. The van der Waals surface area contributed by atoms with Crippen molar-refractivity contribution in [3.8, 4) is 0 Å². The zero-order chi connectivity index (χ0) is 53.4. The van der Waals surface area contributed by atoms with Crippen molar-refractivity contribution in [1.29, 1.82) is 0 Å². The van der Waals surface area contributed by atoms with Crippen LogP contribution in [0.4, 0.5) is 0 Å². The molecule has 0 amide bonds. The fourth-order valence-corrected chi connectivity index (χ4v) is 7.36. The highest BCUT2D eigenvalue weighted by Gasteiger charge is 2.25. The van der Waals surface area contributed by atoms with Gasteiger partial charge in [0.15, 0.2) is 6.10 Å². The Morgan fingerprint density at radius 1 is 0.411 bits per heavy atom. The number of aliphatic carboxylic acids is 1. The molecule has 9 nitrogen and oxygen atoms in total. The molecule has 2 unspecified atom stereocenters. The van der Waals surface area contributed by atoms with Crippen molar-refractivity contribution in [2.24, 2.45) is 0 Å². The van der Waals surface area contributed by atoms with Crippen LogP contribution in [-0.2, 0) is 33.3 Å². The van der Waals surface area contributed by atoms with Crippen LogP contribution >= 0.6 is 0 Å². The van der Waals surface area contributed by atoms with Crippen LogP contribution < -0.4 is 0 Å². The van der Waals surface area contributed by atoms with Crippen LogP contribution in [0.1, 0.15) is 206 Å². The fourth-order valence-electron chi connectivity index (χ4n) is 7.36. The lowest BCUT2D eigenvalue weighted by Crippen LogP contribution is -2.40. The maximum atomic E-state index is 12.9. The van der Waals surface area contributed by atoms with Crippen LogP contribution in [0.15, 0.2) is 122 Å². The Labute approximate surface area is 447 Å². The number of ether oxygens (including phenoxy) is 4. The van der Waals surface area contributed by atoms with Crippen molar-refractivity contribution in [2.75, 3.05) is 47.5 Å². The molecule has 414 valence electrons. The molecule has 0 aromatic rings. The number of likely N-dealkylation sites (N-methyl/N-ethyl adjacent to an activating group) is 1. The molecule has 0 heterocycles. The third-order valence-electron chi connectivity index (χ3n) is 11.7. The van der Waals surface area contributed by atoms with E-state index in [1.165, 1.54) is 44.9 Å². The quantitative estimate of drug-likeness (QED) is 0.0211. The van der Waals surface area contributed by atoms with Crippen LogP contribution in [-0.4, -0.2) is 87.4 Å². The molecule has 0 aliphatic rings. The predicted octanol–water partition coefficient (Wildman–Crippen LogP) is 16.9. The van der Waals surface area contributed by atoms with Gasteiger partial charge in [-0.3, -0.25) is 9.59 Å². The van der Waals surface area contributed by atoms with E-state index in [1.807, 2.05) is 21.1 Å². The van der Waals surface area contributed by atoms with Gasteiger partial charge in [-0.1, -0.05) is 212 Å². The lowest BCUT2D eigenvalue weighted by Gasteiger charge is -2.25.